The van der Waals surface area contributed by atoms with Crippen LogP contribution in [0.3, 0.4) is 0 Å². The molecule has 0 spiro atoms. The highest BCUT2D eigenvalue weighted by molar-refractivity contribution is 5.70. The lowest BCUT2D eigenvalue weighted by Crippen LogP contribution is -2.61. The van der Waals surface area contributed by atoms with Crippen LogP contribution < -0.4 is 0 Å². The molecule has 34 heavy (non-hydrogen) atoms. The van der Waals surface area contributed by atoms with Gasteiger partial charge in [0.25, 0.3) is 0 Å². The van der Waals surface area contributed by atoms with Crippen LogP contribution in [-0.2, 0) is 38.0 Å². The van der Waals surface area contributed by atoms with Crippen LogP contribution in [0.25, 0.3) is 0 Å². The van der Waals surface area contributed by atoms with Gasteiger partial charge in [-0.1, -0.05) is 58.0 Å². The number of ether oxygens (including phenoxy) is 7. The van der Waals surface area contributed by atoms with Crippen LogP contribution in [0.5, 0.6) is 0 Å². The van der Waals surface area contributed by atoms with Crippen molar-refractivity contribution < 1.29 is 38.0 Å². The van der Waals surface area contributed by atoms with Crippen molar-refractivity contribution in [3.05, 3.63) is 35.9 Å². The van der Waals surface area contributed by atoms with Crippen LogP contribution in [0.2, 0.25) is 0 Å². The number of hydrogen-bond acceptors (Lipinski definition) is 8. The number of carbonyl (C=O) groups excluding carboxylic acids is 1. The maximum absolute atomic E-state index is 11.9. The fourth-order valence-corrected chi connectivity index (χ4v) is 5.01. The molecule has 1 aromatic carbocycles. The Morgan fingerprint density at radius 3 is 2.47 bits per heavy atom. The van der Waals surface area contributed by atoms with Gasteiger partial charge in [0.2, 0.25) is 0 Å². The monoisotopic (exact) mass is 478 g/mol. The predicted molar refractivity (Wildman–Crippen MR) is 123 cm³/mol. The first-order valence-corrected chi connectivity index (χ1v) is 12.4. The molecule has 0 N–H and O–H groups in total. The van der Waals surface area contributed by atoms with E-state index in [2.05, 4.69) is 20.8 Å². The molecule has 3 saturated heterocycles. The van der Waals surface area contributed by atoms with E-state index in [1.807, 2.05) is 37.3 Å². The van der Waals surface area contributed by atoms with Crippen LogP contribution in [0.15, 0.2) is 30.3 Å². The van der Waals surface area contributed by atoms with Crippen LogP contribution >= 0.6 is 0 Å². The Kier molecular flexibility index (Phi) is 8.61. The van der Waals surface area contributed by atoms with E-state index in [1.165, 1.54) is 7.11 Å². The van der Waals surface area contributed by atoms with Crippen molar-refractivity contribution in [3.63, 3.8) is 0 Å². The van der Waals surface area contributed by atoms with Gasteiger partial charge in [0.05, 0.1) is 32.0 Å². The summed E-state index contributed by atoms with van der Waals surface area (Å²) in [6.07, 6.45) is -1.54. The molecule has 0 radical (unpaired) electrons. The lowest BCUT2D eigenvalue weighted by molar-refractivity contribution is -0.368. The second-order valence-corrected chi connectivity index (χ2v) is 9.65. The standard InChI is InChI=1S/C26H38O8/c1-6-19-22(16(3)15(2)12-29-19)33-25-17(4)23(30-14-21(27)28-5)24-20(32-25)13-31-26(34-24)18-10-8-7-9-11-18/h7-11,15-17,19-20,22-26H,6,12-14H2,1-5H3/t15?,16-,17?,19?,20?,22+,23-,24-,25?,26?/m1/s1. The molecule has 1 aromatic rings. The molecule has 3 heterocycles. The number of carbonyl (C=O) groups is 1. The van der Waals surface area contributed by atoms with Crippen LogP contribution in [-0.4, -0.2) is 69.7 Å². The molecule has 0 amide bonds. The zero-order valence-corrected chi connectivity index (χ0v) is 20.8. The van der Waals surface area contributed by atoms with Gasteiger partial charge in [-0.05, 0) is 18.3 Å². The quantitative estimate of drug-likeness (QED) is 0.551. The van der Waals surface area contributed by atoms with Crippen molar-refractivity contribution in [2.45, 2.75) is 77.2 Å². The van der Waals surface area contributed by atoms with E-state index < -0.39 is 30.8 Å². The molecule has 0 aliphatic carbocycles. The van der Waals surface area contributed by atoms with Gasteiger partial charge >= 0.3 is 5.97 Å². The minimum absolute atomic E-state index is 0.00970. The van der Waals surface area contributed by atoms with Crippen molar-refractivity contribution in [1.29, 1.82) is 0 Å². The predicted octanol–water partition coefficient (Wildman–Crippen LogP) is 3.49. The van der Waals surface area contributed by atoms with E-state index in [-0.39, 0.29) is 30.8 Å². The summed E-state index contributed by atoms with van der Waals surface area (Å²) in [6, 6.07) is 9.77. The van der Waals surface area contributed by atoms with E-state index in [0.29, 0.717) is 18.4 Å². The molecule has 6 unspecified atom stereocenters. The first-order chi connectivity index (χ1) is 16.4. The summed E-state index contributed by atoms with van der Waals surface area (Å²) in [7, 11) is 1.35. The molecule has 3 aliphatic heterocycles. The maximum Gasteiger partial charge on any atom is 0.331 e. The number of fused-ring (bicyclic) bond motifs is 1. The largest absolute Gasteiger partial charge is 0.467 e. The van der Waals surface area contributed by atoms with Crippen molar-refractivity contribution in [2.75, 3.05) is 26.9 Å². The highest BCUT2D eigenvalue weighted by Gasteiger charge is 2.51. The van der Waals surface area contributed by atoms with Gasteiger partial charge in [0.15, 0.2) is 12.6 Å². The third-order valence-electron chi connectivity index (χ3n) is 7.38. The first kappa shape index (κ1) is 25.5. The van der Waals surface area contributed by atoms with Gasteiger partial charge in [-0.15, -0.1) is 0 Å². The summed E-state index contributed by atoms with van der Waals surface area (Å²) in [6.45, 7) is 9.41. The van der Waals surface area contributed by atoms with Crippen molar-refractivity contribution in [2.24, 2.45) is 17.8 Å². The smallest absolute Gasteiger partial charge is 0.331 e. The Labute approximate surface area is 202 Å². The molecular formula is C26H38O8. The van der Waals surface area contributed by atoms with E-state index in [0.717, 1.165) is 18.6 Å². The summed E-state index contributed by atoms with van der Waals surface area (Å²) in [5.41, 5.74) is 0.923. The Morgan fingerprint density at radius 2 is 1.76 bits per heavy atom. The minimum Gasteiger partial charge on any atom is -0.467 e. The fourth-order valence-electron chi connectivity index (χ4n) is 5.01. The highest BCUT2D eigenvalue weighted by Crippen LogP contribution is 2.40. The normalized spacial score (nSPS) is 40.4. The lowest BCUT2D eigenvalue weighted by atomic mass is 9.84. The van der Waals surface area contributed by atoms with Gasteiger partial charge in [-0.25, -0.2) is 4.79 Å². The maximum atomic E-state index is 11.9. The lowest BCUT2D eigenvalue weighted by Gasteiger charge is -2.50. The van der Waals surface area contributed by atoms with E-state index in [1.54, 1.807) is 0 Å². The summed E-state index contributed by atoms with van der Waals surface area (Å²) in [5.74, 6) is 0.0812. The average molecular weight is 479 g/mol. The molecular weight excluding hydrogens is 440 g/mol. The van der Waals surface area contributed by atoms with Crippen molar-refractivity contribution in [1.82, 2.24) is 0 Å². The molecule has 0 saturated carbocycles. The Hall–Kier alpha value is -1.55. The summed E-state index contributed by atoms with van der Waals surface area (Å²) in [4.78, 5) is 11.9. The number of rotatable bonds is 7. The topological polar surface area (TPSA) is 81.7 Å². The second kappa shape index (κ2) is 11.5. The third kappa shape index (κ3) is 5.48. The van der Waals surface area contributed by atoms with Gasteiger partial charge in [0, 0.05) is 18.1 Å². The number of benzene rings is 1. The zero-order chi connectivity index (χ0) is 24.2. The van der Waals surface area contributed by atoms with Gasteiger partial charge in [0.1, 0.15) is 18.8 Å². The van der Waals surface area contributed by atoms with E-state index in [9.17, 15) is 4.79 Å². The minimum atomic E-state index is -0.542. The van der Waals surface area contributed by atoms with Crippen LogP contribution in [0, 0.1) is 17.8 Å². The molecule has 190 valence electrons. The molecule has 0 bridgehead atoms. The van der Waals surface area contributed by atoms with Crippen LogP contribution in [0.1, 0.15) is 46.0 Å². The third-order valence-corrected chi connectivity index (χ3v) is 7.38. The van der Waals surface area contributed by atoms with Crippen molar-refractivity contribution in [3.8, 4) is 0 Å². The van der Waals surface area contributed by atoms with E-state index in [4.69, 9.17) is 33.2 Å². The molecule has 10 atom stereocenters. The van der Waals surface area contributed by atoms with Gasteiger partial charge < -0.3 is 33.2 Å². The Morgan fingerprint density at radius 1 is 1.00 bits per heavy atom. The molecule has 4 rings (SSSR count). The van der Waals surface area contributed by atoms with Gasteiger partial charge in [-0.3, -0.25) is 0 Å². The molecule has 8 nitrogen and oxygen atoms in total. The average Bonchev–Trinajstić information content (AvgIpc) is 2.87. The SMILES string of the molecule is CCC1OCC(C)[C@@H](C)[C@@H]1OC1OC2COC(c3ccccc3)O[C@H]2[C@H](OCC(=O)OC)C1C. The molecule has 0 aromatic heterocycles. The number of esters is 1. The number of hydrogen-bond donors (Lipinski definition) is 0. The second-order valence-electron chi connectivity index (χ2n) is 9.65. The fraction of sp³-hybridized carbons (Fsp3) is 0.731. The Bertz CT molecular complexity index is 786. The summed E-state index contributed by atoms with van der Waals surface area (Å²) < 4.78 is 42.3. The molecule has 3 aliphatic rings. The summed E-state index contributed by atoms with van der Waals surface area (Å²) in [5, 5.41) is 0. The number of methoxy groups -OCH3 is 1. The Balaban J connectivity index is 1.52. The van der Waals surface area contributed by atoms with Crippen molar-refractivity contribution >= 4 is 5.97 Å². The highest BCUT2D eigenvalue weighted by atomic mass is 16.8. The summed E-state index contributed by atoms with van der Waals surface area (Å²) >= 11 is 0. The zero-order valence-electron chi connectivity index (χ0n) is 20.8. The molecule has 8 heteroatoms. The van der Waals surface area contributed by atoms with E-state index >= 15 is 0 Å². The first-order valence-electron chi connectivity index (χ1n) is 12.4. The molecule has 3 fully saturated rings. The van der Waals surface area contributed by atoms with Crippen LogP contribution in [0.4, 0.5) is 0 Å². The van der Waals surface area contributed by atoms with Gasteiger partial charge in [-0.2, -0.15) is 0 Å².